The Kier molecular flexibility index (Phi) is 14.2. The molecule has 0 aliphatic rings. The Bertz CT molecular complexity index is 685. The van der Waals surface area contributed by atoms with Crippen LogP contribution in [0.4, 0.5) is 4.79 Å². The fourth-order valence-electron chi connectivity index (χ4n) is 2.08. The molecule has 0 saturated carbocycles. The number of amides is 1. The van der Waals surface area contributed by atoms with E-state index in [1.165, 1.54) is 25.7 Å². The second-order valence-electron chi connectivity index (χ2n) is 7.49. The maximum atomic E-state index is 12.5. The average Bonchev–Trinajstić information content (AvgIpc) is 2.76. The molecule has 0 aromatic rings. The normalized spacial score (nSPS) is 10.6. The molecule has 0 bridgehead atoms. The van der Waals surface area contributed by atoms with Gasteiger partial charge in [-0.1, -0.05) is 19.7 Å². The molecule has 0 unspecified atom stereocenters. The highest BCUT2D eigenvalue weighted by atomic mass is 35.5. The van der Waals surface area contributed by atoms with E-state index in [1.807, 2.05) is 0 Å². The lowest BCUT2D eigenvalue weighted by Gasteiger charge is -2.32. The van der Waals surface area contributed by atoms with E-state index in [1.54, 1.807) is 0 Å². The number of carbonyl (C=O) groups is 4. The van der Waals surface area contributed by atoms with E-state index in [0.717, 1.165) is 0 Å². The van der Waals surface area contributed by atoms with Crippen molar-refractivity contribution in [2.75, 3.05) is 51.3 Å². The van der Waals surface area contributed by atoms with Gasteiger partial charge in [-0.3, -0.25) is 0 Å². The maximum absolute atomic E-state index is 12.5. The molecule has 0 aliphatic carbocycles. The quantitative estimate of drug-likeness (QED) is 0.144. The minimum atomic E-state index is -1.43. The number of alkyl halides is 2. The molecule has 0 atom stereocenters. The summed E-state index contributed by atoms with van der Waals surface area (Å²) in [6.07, 6.45) is -0.746. The zero-order valence-corrected chi connectivity index (χ0v) is 20.8. The second-order valence-corrected chi connectivity index (χ2v) is 8.24. The van der Waals surface area contributed by atoms with E-state index in [0.29, 0.717) is 0 Å². The SMILES string of the molecule is C=C(C)C(=O)OCC(COC(=O)C(=C)C)(COC(=O)C(=C)C)COC(=O)N(CCCl)CCCl. The Morgan fingerprint density at radius 3 is 1.24 bits per heavy atom. The van der Waals surface area contributed by atoms with Crippen LogP contribution in [0.25, 0.3) is 0 Å². The van der Waals surface area contributed by atoms with Crippen LogP contribution in [0.3, 0.4) is 0 Å². The van der Waals surface area contributed by atoms with Crippen LogP contribution in [0.15, 0.2) is 36.5 Å². The number of hydrogen-bond acceptors (Lipinski definition) is 8. The Morgan fingerprint density at radius 2 is 0.970 bits per heavy atom. The van der Waals surface area contributed by atoms with Crippen molar-refractivity contribution in [3.05, 3.63) is 36.5 Å². The summed E-state index contributed by atoms with van der Waals surface area (Å²) in [5.41, 5.74) is -1.07. The van der Waals surface area contributed by atoms with Gasteiger partial charge in [0.05, 0.1) is 0 Å². The lowest BCUT2D eigenvalue weighted by molar-refractivity contribution is -0.160. The monoisotopic (exact) mass is 507 g/mol. The molecule has 0 aromatic carbocycles. The predicted octanol–water partition coefficient (Wildman–Crippen LogP) is 3.25. The molecular weight excluding hydrogens is 477 g/mol. The van der Waals surface area contributed by atoms with Crippen LogP contribution in [0.5, 0.6) is 0 Å². The highest BCUT2D eigenvalue weighted by Crippen LogP contribution is 2.23. The molecule has 0 saturated heterocycles. The van der Waals surface area contributed by atoms with Crippen molar-refractivity contribution in [1.29, 1.82) is 0 Å². The standard InChI is InChI=1S/C22H31Cl2NO8/c1-15(2)18(26)30-11-22(12-31-19(27)16(3)4,13-32-20(28)17(5)6)14-33-21(29)25(9-7-23)10-8-24/h1,3,5,7-14H2,2,4,6H3. The third-order valence-electron chi connectivity index (χ3n) is 4.04. The molecule has 0 aromatic heterocycles. The molecular formula is C22H31Cl2NO8. The van der Waals surface area contributed by atoms with Crippen molar-refractivity contribution < 1.29 is 38.1 Å². The van der Waals surface area contributed by atoms with Crippen LogP contribution in [-0.4, -0.2) is 80.2 Å². The molecule has 0 rings (SSSR count). The van der Waals surface area contributed by atoms with Gasteiger partial charge >= 0.3 is 24.0 Å². The summed E-state index contributed by atoms with van der Waals surface area (Å²) in [5.74, 6) is -1.88. The zero-order chi connectivity index (χ0) is 25.6. The van der Waals surface area contributed by atoms with Crippen molar-refractivity contribution in [2.45, 2.75) is 20.8 Å². The van der Waals surface area contributed by atoms with Gasteiger partial charge in [0.2, 0.25) is 0 Å². The molecule has 0 spiro atoms. The largest absolute Gasteiger partial charge is 0.461 e. The number of halogens is 2. The maximum Gasteiger partial charge on any atom is 0.409 e. The minimum Gasteiger partial charge on any atom is -0.461 e. The van der Waals surface area contributed by atoms with Crippen molar-refractivity contribution in [1.82, 2.24) is 4.90 Å². The van der Waals surface area contributed by atoms with Crippen LogP contribution >= 0.6 is 23.2 Å². The summed E-state index contributed by atoms with van der Waals surface area (Å²) in [6, 6.07) is 0. The highest BCUT2D eigenvalue weighted by molar-refractivity contribution is 6.18. The Morgan fingerprint density at radius 1 is 0.667 bits per heavy atom. The van der Waals surface area contributed by atoms with Crippen LogP contribution in [0.1, 0.15) is 20.8 Å². The van der Waals surface area contributed by atoms with E-state index in [2.05, 4.69) is 19.7 Å². The molecule has 0 heterocycles. The molecule has 9 nitrogen and oxygen atoms in total. The average molecular weight is 508 g/mol. The molecule has 0 fully saturated rings. The van der Waals surface area contributed by atoms with Gasteiger partial charge in [0, 0.05) is 41.6 Å². The van der Waals surface area contributed by atoms with Gasteiger partial charge in [-0.15, -0.1) is 23.2 Å². The summed E-state index contributed by atoms with van der Waals surface area (Å²) in [7, 11) is 0. The third-order valence-corrected chi connectivity index (χ3v) is 4.38. The zero-order valence-electron chi connectivity index (χ0n) is 19.2. The van der Waals surface area contributed by atoms with Gasteiger partial charge in [-0.2, -0.15) is 0 Å². The van der Waals surface area contributed by atoms with E-state index >= 15 is 0 Å². The molecule has 1 amide bonds. The van der Waals surface area contributed by atoms with Gasteiger partial charge in [0.25, 0.3) is 0 Å². The Labute approximate surface area is 204 Å². The first-order valence-electron chi connectivity index (χ1n) is 9.90. The molecule has 33 heavy (non-hydrogen) atoms. The van der Waals surface area contributed by atoms with E-state index < -0.39 is 55.8 Å². The number of carbonyl (C=O) groups excluding carboxylic acids is 4. The highest BCUT2D eigenvalue weighted by Gasteiger charge is 2.38. The van der Waals surface area contributed by atoms with E-state index in [9.17, 15) is 19.2 Å². The van der Waals surface area contributed by atoms with Crippen LogP contribution in [-0.2, 0) is 33.3 Å². The summed E-state index contributed by atoms with van der Waals surface area (Å²) in [5, 5.41) is 0. The summed E-state index contributed by atoms with van der Waals surface area (Å²) >= 11 is 11.4. The topological polar surface area (TPSA) is 108 Å². The molecule has 0 aliphatic heterocycles. The van der Waals surface area contributed by atoms with Gasteiger partial charge in [0.15, 0.2) is 0 Å². The number of hydrogen-bond donors (Lipinski definition) is 0. The van der Waals surface area contributed by atoms with Crippen molar-refractivity contribution in [3.8, 4) is 0 Å². The number of rotatable bonds is 15. The Balaban J connectivity index is 5.83. The van der Waals surface area contributed by atoms with Gasteiger partial charge in [-0.25, -0.2) is 19.2 Å². The lowest BCUT2D eigenvalue weighted by Crippen LogP contribution is -2.45. The summed E-state index contributed by atoms with van der Waals surface area (Å²) in [6.45, 7) is 13.5. The molecule has 0 N–H and O–H groups in total. The first-order chi connectivity index (χ1) is 15.4. The number of esters is 3. The molecule has 11 heteroatoms. The fraction of sp³-hybridized carbons (Fsp3) is 0.545. The fourth-order valence-corrected chi connectivity index (χ4v) is 2.49. The lowest BCUT2D eigenvalue weighted by atomic mass is 9.92. The minimum absolute atomic E-state index is 0.120. The van der Waals surface area contributed by atoms with E-state index in [-0.39, 0.29) is 41.6 Å². The van der Waals surface area contributed by atoms with Crippen molar-refractivity contribution in [2.24, 2.45) is 5.41 Å². The van der Waals surface area contributed by atoms with Crippen LogP contribution in [0.2, 0.25) is 0 Å². The first kappa shape index (κ1) is 30.5. The van der Waals surface area contributed by atoms with Gasteiger partial charge in [-0.05, 0) is 20.8 Å². The summed E-state index contributed by atoms with van der Waals surface area (Å²) in [4.78, 5) is 49.8. The Hall–Kier alpha value is -2.52. The van der Waals surface area contributed by atoms with Crippen molar-refractivity contribution in [3.63, 3.8) is 0 Å². The predicted molar refractivity (Wildman–Crippen MR) is 124 cm³/mol. The van der Waals surface area contributed by atoms with Gasteiger partial charge < -0.3 is 23.8 Å². The van der Waals surface area contributed by atoms with E-state index in [4.69, 9.17) is 42.1 Å². The number of ether oxygens (including phenoxy) is 4. The summed E-state index contributed by atoms with van der Waals surface area (Å²) < 4.78 is 21.1. The first-order valence-corrected chi connectivity index (χ1v) is 11.0. The third kappa shape index (κ3) is 11.8. The second kappa shape index (κ2) is 15.3. The smallest absolute Gasteiger partial charge is 0.409 e. The van der Waals surface area contributed by atoms with Crippen LogP contribution in [0, 0.1) is 5.41 Å². The molecule has 186 valence electrons. The number of nitrogens with zero attached hydrogens (tertiary/aromatic N) is 1. The van der Waals surface area contributed by atoms with Crippen LogP contribution < -0.4 is 0 Å². The van der Waals surface area contributed by atoms with Gasteiger partial charge in [0.1, 0.15) is 31.8 Å². The molecule has 0 radical (unpaired) electrons. The van der Waals surface area contributed by atoms with Crippen molar-refractivity contribution >= 4 is 47.2 Å².